The van der Waals surface area contributed by atoms with Crippen molar-refractivity contribution in [2.24, 2.45) is 0 Å². The molecule has 112 valence electrons. The lowest BCUT2D eigenvalue weighted by molar-refractivity contribution is -0.116. The highest BCUT2D eigenvalue weighted by Crippen LogP contribution is 2.38. The summed E-state index contributed by atoms with van der Waals surface area (Å²) in [6.45, 7) is 3.86. The average molecular weight is 293 g/mol. The van der Waals surface area contributed by atoms with Crippen LogP contribution in [0.5, 0.6) is 5.75 Å². The first kappa shape index (κ1) is 14.4. The molecule has 0 spiro atoms. The minimum absolute atomic E-state index is 0.0925. The van der Waals surface area contributed by atoms with Crippen molar-refractivity contribution in [2.45, 2.75) is 26.3 Å². The van der Waals surface area contributed by atoms with E-state index in [0.717, 1.165) is 11.3 Å². The van der Waals surface area contributed by atoms with Crippen molar-refractivity contribution in [2.75, 3.05) is 4.90 Å². The lowest BCUT2D eigenvalue weighted by Crippen LogP contribution is -2.31. The Bertz CT molecular complexity index is 731. The van der Waals surface area contributed by atoms with Gasteiger partial charge in [-0.1, -0.05) is 42.0 Å². The monoisotopic (exact) mass is 293 g/mol. The van der Waals surface area contributed by atoms with Crippen LogP contribution in [0, 0.1) is 6.92 Å². The maximum absolute atomic E-state index is 12.1. The Kier molecular flexibility index (Phi) is 3.72. The number of rotatable bonds is 2. The van der Waals surface area contributed by atoms with Gasteiger partial charge in [0.2, 0.25) is 0 Å². The number of aryl methyl sites for hydroxylation is 1. The van der Waals surface area contributed by atoms with Crippen molar-refractivity contribution in [1.82, 2.24) is 0 Å². The van der Waals surface area contributed by atoms with Crippen LogP contribution in [0.2, 0.25) is 0 Å². The summed E-state index contributed by atoms with van der Waals surface area (Å²) in [5.74, 6) is 0.371. The van der Waals surface area contributed by atoms with Crippen LogP contribution in [0.1, 0.15) is 30.5 Å². The molecule has 1 N–H and O–H groups in total. The van der Waals surface area contributed by atoms with E-state index in [1.807, 2.05) is 49.2 Å². The second-order valence-corrected chi connectivity index (χ2v) is 5.76. The van der Waals surface area contributed by atoms with Crippen molar-refractivity contribution in [3.63, 3.8) is 0 Å². The van der Waals surface area contributed by atoms with E-state index < -0.39 is 0 Å². The average Bonchev–Trinajstić information content (AvgIpc) is 2.51. The van der Waals surface area contributed by atoms with Crippen LogP contribution in [0.25, 0.3) is 0 Å². The molecule has 22 heavy (non-hydrogen) atoms. The van der Waals surface area contributed by atoms with Crippen molar-refractivity contribution < 1.29 is 9.90 Å². The van der Waals surface area contributed by atoms with E-state index >= 15 is 0 Å². The number of ketones is 1. The van der Waals surface area contributed by atoms with E-state index in [1.54, 1.807) is 12.1 Å². The van der Waals surface area contributed by atoms with Crippen molar-refractivity contribution in [3.8, 4) is 5.75 Å². The number of hydrogen-bond donors (Lipinski definition) is 1. The SMILES string of the molecule is CC1=CN(c2ccccc2O)[C@H](c2ccc(C)cc2)CC1=O. The van der Waals surface area contributed by atoms with E-state index in [4.69, 9.17) is 0 Å². The number of para-hydroxylation sites is 2. The number of Topliss-reactive ketones (excluding diaryl/α,β-unsaturated/α-hetero) is 1. The van der Waals surface area contributed by atoms with Gasteiger partial charge in [-0.3, -0.25) is 4.79 Å². The fourth-order valence-corrected chi connectivity index (χ4v) is 2.79. The molecule has 1 atom stereocenters. The minimum atomic E-state index is -0.0925. The Morgan fingerprint density at radius 3 is 2.41 bits per heavy atom. The molecule has 3 nitrogen and oxygen atoms in total. The Balaban J connectivity index is 2.08. The minimum Gasteiger partial charge on any atom is -0.506 e. The lowest BCUT2D eigenvalue weighted by atomic mass is 9.93. The highest BCUT2D eigenvalue weighted by Gasteiger charge is 2.29. The van der Waals surface area contributed by atoms with E-state index in [2.05, 4.69) is 12.1 Å². The molecular formula is C19H19NO2. The van der Waals surface area contributed by atoms with Crippen molar-refractivity contribution >= 4 is 11.5 Å². The first-order valence-electron chi connectivity index (χ1n) is 7.41. The number of nitrogens with zero attached hydrogens (tertiary/aromatic N) is 1. The smallest absolute Gasteiger partial charge is 0.162 e. The van der Waals surface area contributed by atoms with Gasteiger partial charge < -0.3 is 10.0 Å². The molecule has 1 aliphatic rings. The molecular weight excluding hydrogens is 274 g/mol. The molecule has 0 radical (unpaired) electrons. The molecule has 0 amide bonds. The predicted molar refractivity (Wildman–Crippen MR) is 87.9 cm³/mol. The second kappa shape index (κ2) is 5.68. The Morgan fingerprint density at radius 2 is 1.73 bits per heavy atom. The Morgan fingerprint density at radius 1 is 1.05 bits per heavy atom. The molecule has 2 aromatic rings. The van der Waals surface area contributed by atoms with Gasteiger partial charge in [-0.25, -0.2) is 0 Å². The van der Waals surface area contributed by atoms with Crippen LogP contribution < -0.4 is 4.90 Å². The zero-order valence-corrected chi connectivity index (χ0v) is 12.8. The summed E-state index contributed by atoms with van der Waals surface area (Å²) in [5, 5.41) is 10.2. The van der Waals surface area contributed by atoms with Crippen molar-refractivity contribution in [3.05, 3.63) is 71.4 Å². The summed E-state index contributed by atoms with van der Waals surface area (Å²) < 4.78 is 0. The number of carbonyl (C=O) groups excluding carboxylic acids is 1. The molecule has 0 saturated carbocycles. The maximum Gasteiger partial charge on any atom is 0.162 e. The van der Waals surface area contributed by atoms with Gasteiger partial charge in [-0.2, -0.15) is 0 Å². The van der Waals surface area contributed by atoms with Gasteiger partial charge in [0.1, 0.15) is 5.75 Å². The van der Waals surface area contributed by atoms with Gasteiger partial charge in [0.25, 0.3) is 0 Å². The van der Waals surface area contributed by atoms with E-state index in [1.165, 1.54) is 5.56 Å². The van der Waals surface area contributed by atoms with E-state index in [-0.39, 0.29) is 17.6 Å². The van der Waals surface area contributed by atoms with Gasteiger partial charge in [-0.05, 0) is 31.5 Å². The molecule has 0 bridgehead atoms. The number of allylic oxidation sites excluding steroid dienone is 1. The van der Waals surface area contributed by atoms with Crippen LogP contribution in [-0.4, -0.2) is 10.9 Å². The summed E-state index contributed by atoms with van der Waals surface area (Å²) in [4.78, 5) is 14.1. The number of carbonyl (C=O) groups is 1. The molecule has 1 heterocycles. The quantitative estimate of drug-likeness (QED) is 0.905. The molecule has 0 aromatic heterocycles. The first-order valence-corrected chi connectivity index (χ1v) is 7.41. The van der Waals surface area contributed by atoms with Crippen LogP contribution in [-0.2, 0) is 4.79 Å². The Hall–Kier alpha value is -2.55. The van der Waals surface area contributed by atoms with Gasteiger partial charge in [0.05, 0.1) is 11.7 Å². The zero-order valence-electron chi connectivity index (χ0n) is 12.8. The Labute approximate surface area is 130 Å². The van der Waals surface area contributed by atoms with Gasteiger partial charge in [0, 0.05) is 18.2 Å². The second-order valence-electron chi connectivity index (χ2n) is 5.76. The fraction of sp³-hybridized carbons (Fsp3) is 0.211. The van der Waals surface area contributed by atoms with Gasteiger partial charge in [0.15, 0.2) is 5.78 Å². The third-order valence-electron chi connectivity index (χ3n) is 4.11. The van der Waals surface area contributed by atoms with Crippen LogP contribution in [0.4, 0.5) is 5.69 Å². The number of phenolic OH excluding ortho intramolecular Hbond substituents is 1. The van der Waals surface area contributed by atoms with Crippen molar-refractivity contribution in [1.29, 1.82) is 0 Å². The largest absolute Gasteiger partial charge is 0.506 e. The number of anilines is 1. The van der Waals surface area contributed by atoms with E-state index in [0.29, 0.717) is 12.0 Å². The zero-order chi connectivity index (χ0) is 15.7. The van der Waals surface area contributed by atoms with Crippen LogP contribution in [0.15, 0.2) is 60.3 Å². The number of hydrogen-bond acceptors (Lipinski definition) is 3. The summed E-state index contributed by atoms with van der Waals surface area (Å²) in [6, 6.07) is 15.3. The molecule has 0 unspecified atom stereocenters. The number of benzene rings is 2. The van der Waals surface area contributed by atoms with Gasteiger partial charge in [-0.15, -0.1) is 0 Å². The predicted octanol–water partition coefficient (Wildman–Crippen LogP) is 4.12. The summed E-state index contributed by atoms with van der Waals surface area (Å²) in [7, 11) is 0. The van der Waals surface area contributed by atoms with Crippen LogP contribution >= 0.6 is 0 Å². The number of phenols is 1. The molecule has 0 fully saturated rings. The normalized spacial score (nSPS) is 18.3. The molecule has 0 saturated heterocycles. The summed E-state index contributed by atoms with van der Waals surface area (Å²) >= 11 is 0. The standard InChI is InChI=1S/C19H19NO2/c1-13-7-9-15(10-8-13)17-11-19(22)14(2)12-20(17)16-5-3-4-6-18(16)21/h3-10,12,17,21H,11H2,1-2H3/t17-/m0/s1. The van der Waals surface area contributed by atoms with Crippen LogP contribution in [0.3, 0.4) is 0 Å². The van der Waals surface area contributed by atoms with E-state index in [9.17, 15) is 9.90 Å². The molecule has 3 heteroatoms. The summed E-state index contributed by atoms with van der Waals surface area (Å²) in [5.41, 5.74) is 3.70. The highest BCUT2D eigenvalue weighted by molar-refractivity contribution is 5.97. The highest BCUT2D eigenvalue weighted by atomic mass is 16.3. The maximum atomic E-state index is 12.1. The lowest BCUT2D eigenvalue weighted by Gasteiger charge is -2.35. The fourth-order valence-electron chi connectivity index (χ4n) is 2.79. The molecule has 2 aromatic carbocycles. The summed E-state index contributed by atoms with van der Waals surface area (Å²) in [6.07, 6.45) is 2.26. The third kappa shape index (κ3) is 2.62. The topological polar surface area (TPSA) is 40.5 Å². The molecule has 3 rings (SSSR count). The molecule has 1 aliphatic heterocycles. The molecule has 0 aliphatic carbocycles. The third-order valence-corrected chi connectivity index (χ3v) is 4.11. The first-order chi connectivity index (χ1) is 10.6. The number of aromatic hydroxyl groups is 1. The van der Waals surface area contributed by atoms with Gasteiger partial charge >= 0.3 is 0 Å².